The van der Waals surface area contributed by atoms with E-state index >= 15 is 4.39 Å². The van der Waals surface area contributed by atoms with Gasteiger partial charge in [-0.15, -0.1) is 0 Å². The van der Waals surface area contributed by atoms with Crippen molar-refractivity contribution in [3.05, 3.63) is 76.6 Å². The Kier molecular flexibility index (Phi) is 8.07. The number of ether oxygens (including phenoxy) is 4. The highest BCUT2D eigenvalue weighted by Gasteiger charge is 2.30. The molecule has 0 atom stereocenters. The van der Waals surface area contributed by atoms with Crippen molar-refractivity contribution in [2.24, 2.45) is 5.92 Å². The molecule has 194 valence electrons. The lowest BCUT2D eigenvalue weighted by Crippen LogP contribution is -2.29. The molecule has 0 bridgehead atoms. The summed E-state index contributed by atoms with van der Waals surface area (Å²) in [5, 5.41) is 1.01. The third kappa shape index (κ3) is 6.29. The van der Waals surface area contributed by atoms with E-state index in [1.54, 1.807) is 37.4 Å². The van der Waals surface area contributed by atoms with Gasteiger partial charge in [-0.1, -0.05) is 24.3 Å². The zero-order valence-electron chi connectivity index (χ0n) is 19.3. The Morgan fingerprint density at radius 2 is 1.61 bits per heavy atom. The standard InChI is InChI=1S/C26H24F6O4/c1-33-11-16-12-34-25(35-13-16)19-6-7-20-18(10-19)5-4-17(23(20)29)3-2-15-8-21(27)24(22(28)9-15)36-14-26(30,31)32/h4-10,16,25H,2-3,11-14H2,1H3. The summed E-state index contributed by atoms with van der Waals surface area (Å²) in [4.78, 5) is 0. The summed E-state index contributed by atoms with van der Waals surface area (Å²) in [6.45, 7) is -0.299. The molecule has 0 spiro atoms. The Hall–Kier alpha value is -2.82. The maximum absolute atomic E-state index is 15.2. The quantitative estimate of drug-likeness (QED) is 0.331. The molecule has 0 amide bonds. The van der Waals surface area contributed by atoms with Crippen LogP contribution in [0.1, 0.15) is 23.0 Å². The SMILES string of the molecule is COCC1COC(c2ccc3c(F)c(CCc4cc(F)c(OCC(F)(F)F)c(F)c4)ccc3c2)OC1. The molecular weight excluding hydrogens is 490 g/mol. The van der Waals surface area contributed by atoms with Crippen LogP contribution in [0.25, 0.3) is 10.8 Å². The number of hydrogen-bond acceptors (Lipinski definition) is 4. The van der Waals surface area contributed by atoms with E-state index in [9.17, 15) is 22.0 Å². The molecule has 3 aromatic carbocycles. The van der Waals surface area contributed by atoms with Crippen LogP contribution in [0.4, 0.5) is 26.3 Å². The van der Waals surface area contributed by atoms with Gasteiger partial charge in [-0.3, -0.25) is 0 Å². The zero-order chi connectivity index (χ0) is 25.9. The maximum atomic E-state index is 15.2. The van der Waals surface area contributed by atoms with E-state index in [0.717, 1.165) is 17.7 Å². The van der Waals surface area contributed by atoms with Crippen molar-refractivity contribution in [1.29, 1.82) is 0 Å². The van der Waals surface area contributed by atoms with E-state index in [-0.39, 0.29) is 24.3 Å². The van der Waals surface area contributed by atoms with E-state index in [1.807, 2.05) is 0 Å². The number of rotatable bonds is 8. The van der Waals surface area contributed by atoms with Gasteiger partial charge in [0.25, 0.3) is 0 Å². The Balaban J connectivity index is 1.44. The van der Waals surface area contributed by atoms with E-state index < -0.39 is 42.3 Å². The van der Waals surface area contributed by atoms with Gasteiger partial charge in [0.1, 0.15) is 5.82 Å². The van der Waals surface area contributed by atoms with Gasteiger partial charge in [-0.2, -0.15) is 13.2 Å². The molecule has 0 aliphatic carbocycles. The van der Waals surface area contributed by atoms with Gasteiger partial charge in [-0.25, -0.2) is 13.2 Å². The average Bonchev–Trinajstić information content (AvgIpc) is 2.83. The van der Waals surface area contributed by atoms with E-state index in [2.05, 4.69) is 4.74 Å². The van der Waals surface area contributed by atoms with Crippen LogP contribution < -0.4 is 4.74 Å². The monoisotopic (exact) mass is 514 g/mol. The van der Waals surface area contributed by atoms with Crippen molar-refractivity contribution in [2.75, 3.05) is 33.5 Å². The number of hydrogen-bond donors (Lipinski definition) is 0. The lowest BCUT2D eigenvalue weighted by molar-refractivity contribution is -0.210. The first-order valence-corrected chi connectivity index (χ1v) is 11.2. The molecule has 4 rings (SSSR count). The van der Waals surface area contributed by atoms with Crippen molar-refractivity contribution in [3.8, 4) is 5.75 Å². The van der Waals surface area contributed by atoms with E-state index in [4.69, 9.17) is 14.2 Å². The number of fused-ring (bicyclic) bond motifs is 1. The van der Waals surface area contributed by atoms with E-state index in [0.29, 0.717) is 36.2 Å². The second-order valence-corrected chi connectivity index (χ2v) is 8.63. The minimum absolute atomic E-state index is 0.0697. The molecule has 10 heteroatoms. The van der Waals surface area contributed by atoms with Crippen LogP contribution in [0.2, 0.25) is 0 Å². The lowest BCUT2D eigenvalue weighted by atomic mass is 9.98. The molecule has 1 fully saturated rings. The van der Waals surface area contributed by atoms with Crippen molar-refractivity contribution < 1.29 is 45.3 Å². The van der Waals surface area contributed by atoms with Gasteiger partial charge in [0, 0.05) is 24.0 Å². The molecule has 0 unspecified atom stereocenters. The van der Waals surface area contributed by atoms with Crippen LogP contribution in [0.15, 0.2) is 42.5 Å². The van der Waals surface area contributed by atoms with Crippen molar-refractivity contribution in [3.63, 3.8) is 0 Å². The lowest BCUT2D eigenvalue weighted by Gasteiger charge is -2.29. The summed E-state index contributed by atoms with van der Waals surface area (Å²) in [6.07, 6.45) is -5.09. The van der Waals surface area contributed by atoms with Gasteiger partial charge < -0.3 is 18.9 Å². The molecule has 0 saturated carbocycles. The normalized spacial score (nSPS) is 18.5. The minimum atomic E-state index is -4.73. The number of benzene rings is 3. The summed E-state index contributed by atoms with van der Waals surface area (Å²) in [5.41, 5.74) is 1.25. The highest BCUT2D eigenvalue weighted by atomic mass is 19.4. The van der Waals surface area contributed by atoms with Gasteiger partial charge in [0.05, 0.1) is 19.8 Å². The molecule has 1 saturated heterocycles. The van der Waals surface area contributed by atoms with Crippen molar-refractivity contribution >= 4 is 10.8 Å². The minimum Gasteiger partial charge on any atom is -0.478 e. The van der Waals surface area contributed by atoms with Crippen molar-refractivity contribution in [1.82, 2.24) is 0 Å². The topological polar surface area (TPSA) is 36.9 Å². The Bertz CT molecular complexity index is 1180. The van der Waals surface area contributed by atoms with E-state index in [1.165, 1.54) is 0 Å². The zero-order valence-corrected chi connectivity index (χ0v) is 19.3. The second kappa shape index (κ2) is 11.1. The van der Waals surface area contributed by atoms with Crippen LogP contribution in [-0.2, 0) is 27.1 Å². The predicted molar refractivity (Wildman–Crippen MR) is 119 cm³/mol. The molecule has 1 aliphatic rings. The molecule has 1 heterocycles. The Morgan fingerprint density at radius 1 is 0.917 bits per heavy atom. The number of methoxy groups -OCH3 is 1. The number of halogens is 6. The molecule has 1 aliphatic heterocycles. The van der Waals surface area contributed by atoms with Crippen LogP contribution in [0.5, 0.6) is 5.75 Å². The molecule has 4 nitrogen and oxygen atoms in total. The summed E-state index contributed by atoms with van der Waals surface area (Å²) in [7, 11) is 1.61. The number of aryl methyl sites for hydroxylation is 2. The van der Waals surface area contributed by atoms with Crippen LogP contribution in [0.3, 0.4) is 0 Å². The fourth-order valence-electron chi connectivity index (χ4n) is 4.09. The average molecular weight is 514 g/mol. The highest BCUT2D eigenvalue weighted by molar-refractivity contribution is 5.84. The van der Waals surface area contributed by atoms with Gasteiger partial charge >= 0.3 is 6.18 Å². The maximum Gasteiger partial charge on any atom is 0.422 e. The third-order valence-electron chi connectivity index (χ3n) is 5.82. The summed E-state index contributed by atoms with van der Waals surface area (Å²) in [5.74, 6) is -3.90. The molecule has 0 radical (unpaired) electrons. The first-order chi connectivity index (χ1) is 17.1. The predicted octanol–water partition coefficient (Wildman–Crippen LogP) is 6.29. The Labute approximate surface area is 203 Å². The summed E-state index contributed by atoms with van der Waals surface area (Å²) in [6, 6.07) is 10.2. The molecule has 0 aromatic heterocycles. The second-order valence-electron chi connectivity index (χ2n) is 8.63. The largest absolute Gasteiger partial charge is 0.478 e. The first kappa shape index (κ1) is 26.2. The fraction of sp³-hybridized carbons (Fsp3) is 0.385. The molecule has 36 heavy (non-hydrogen) atoms. The van der Waals surface area contributed by atoms with Gasteiger partial charge in [-0.05, 0) is 47.6 Å². The summed E-state index contributed by atoms with van der Waals surface area (Å²) < 4.78 is 101. The molecule has 3 aromatic rings. The fourth-order valence-corrected chi connectivity index (χ4v) is 4.09. The number of alkyl halides is 3. The molecular formula is C26H24F6O4. The van der Waals surface area contributed by atoms with Gasteiger partial charge in [0.2, 0.25) is 0 Å². The summed E-state index contributed by atoms with van der Waals surface area (Å²) >= 11 is 0. The van der Waals surface area contributed by atoms with Crippen LogP contribution >= 0.6 is 0 Å². The third-order valence-corrected chi connectivity index (χ3v) is 5.82. The smallest absolute Gasteiger partial charge is 0.422 e. The first-order valence-electron chi connectivity index (χ1n) is 11.2. The van der Waals surface area contributed by atoms with Crippen molar-refractivity contribution in [2.45, 2.75) is 25.3 Å². The molecule has 0 N–H and O–H groups in total. The highest BCUT2D eigenvalue weighted by Crippen LogP contribution is 2.31. The van der Waals surface area contributed by atoms with Gasteiger partial charge in [0.15, 0.2) is 30.3 Å². The Morgan fingerprint density at radius 3 is 2.25 bits per heavy atom. The van der Waals surface area contributed by atoms with Crippen LogP contribution in [0, 0.1) is 23.4 Å². The van der Waals surface area contributed by atoms with Crippen LogP contribution in [-0.4, -0.2) is 39.7 Å².